The summed E-state index contributed by atoms with van der Waals surface area (Å²) in [5, 5.41) is 2.75. The van der Waals surface area contributed by atoms with Crippen LogP contribution in [-0.2, 0) is 10.1 Å². The second-order valence-corrected chi connectivity index (χ2v) is 4.45. The molecule has 0 saturated heterocycles. The normalized spacial score (nSPS) is 11.1. The van der Waals surface area contributed by atoms with Crippen LogP contribution in [0.15, 0.2) is 41.8 Å². The molecular formula is C9H7N4O3S-. The van der Waals surface area contributed by atoms with Gasteiger partial charge in [0.1, 0.15) is 22.8 Å². The monoisotopic (exact) mass is 251 g/mol. The first-order chi connectivity index (χ1) is 8.05. The molecule has 0 atom stereocenters. The summed E-state index contributed by atoms with van der Waals surface area (Å²) in [6, 6.07) is 5.49. The van der Waals surface area contributed by atoms with Crippen molar-refractivity contribution in [3.8, 4) is 0 Å². The van der Waals surface area contributed by atoms with E-state index in [0.29, 0.717) is 5.69 Å². The maximum atomic E-state index is 10.8. The summed E-state index contributed by atoms with van der Waals surface area (Å²) in [4.78, 5) is 10.9. The number of nitrogens with one attached hydrogen (secondary N) is 1. The third-order valence-electron chi connectivity index (χ3n) is 1.87. The fourth-order valence-corrected chi connectivity index (χ4v) is 1.68. The highest BCUT2D eigenvalue weighted by Crippen LogP contribution is 2.17. The van der Waals surface area contributed by atoms with Crippen molar-refractivity contribution in [3.63, 3.8) is 0 Å². The van der Waals surface area contributed by atoms with Crippen molar-refractivity contribution in [3.05, 3.63) is 36.9 Å². The molecule has 0 fully saturated rings. The summed E-state index contributed by atoms with van der Waals surface area (Å²) >= 11 is 0. The molecule has 0 amide bonds. The molecule has 0 radical (unpaired) electrons. The van der Waals surface area contributed by atoms with Crippen LogP contribution in [0.25, 0.3) is 0 Å². The molecule has 17 heavy (non-hydrogen) atoms. The number of aromatic nitrogens is 3. The molecule has 7 nitrogen and oxygen atoms in total. The third-order valence-corrected chi connectivity index (χ3v) is 2.70. The number of nitrogens with zero attached hydrogens (tertiary/aromatic N) is 3. The van der Waals surface area contributed by atoms with Gasteiger partial charge in [-0.25, -0.2) is 23.4 Å². The molecule has 0 bridgehead atoms. The van der Waals surface area contributed by atoms with Crippen LogP contribution in [0.2, 0.25) is 0 Å². The zero-order chi connectivity index (χ0) is 12.3. The summed E-state index contributed by atoms with van der Waals surface area (Å²) in [5.41, 5.74) is 0.410. The molecule has 0 spiro atoms. The van der Waals surface area contributed by atoms with Gasteiger partial charge in [-0.15, -0.1) is 0 Å². The molecule has 1 aromatic heterocycles. The van der Waals surface area contributed by atoms with E-state index in [0.717, 1.165) is 0 Å². The van der Waals surface area contributed by atoms with E-state index in [1.807, 2.05) is 0 Å². The van der Waals surface area contributed by atoms with Gasteiger partial charge in [-0.1, -0.05) is 6.07 Å². The Labute approximate surface area is 97.3 Å². The van der Waals surface area contributed by atoms with Crippen molar-refractivity contribution in [1.82, 2.24) is 15.0 Å². The van der Waals surface area contributed by atoms with E-state index in [-0.39, 0.29) is 10.8 Å². The van der Waals surface area contributed by atoms with Gasteiger partial charge in [0.15, 0.2) is 0 Å². The van der Waals surface area contributed by atoms with E-state index >= 15 is 0 Å². The Morgan fingerprint density at radius 2 is 1.88 bits per heavy atom. The Morgan fingerprint density at radius 1 is 1.18 bits per heavy atom. The van der Waals surface area contributed by atoms with Gasteiger partial charge in [0, 0.05) is 5.69 Å². The van der Waals surface area contributed by atoms with Gasteiger partial charge in [0.2, 0.25) is 5.95 Å². The molecule has 1 N–H and O–H groups in total. The molecule has 0 aliphatic rings. The minimum atomic E-state index is -4.46. The van der Waals surface area contributed by atoms with Crippen LogP contribution >= 0.6 is 0 Å². The standard InChI is InChI=1S/C9H8N4O3S/c14-17(15,16)8-3-1-2-7(4-8)13-9-11-5-10-6-12-9/h1-6H,(H,14,15,16)(H,10,11,12,13)/p-1. The van der Waals surface area contributed by atoms with Crippen molar-refractivity contribution in [1.29, 1.82) is 0 Å². The van der Waals surface area contributed by atoms with E-state index in [1.54, 1.807) is 6.07 Å². The van der Waals surface area contributed by atoms with Crippen LogP contribution < -0.4 is 5.32 Å². The molecular weight excluding hydrogens is 244 g/mol. The van der Waals surface area contributed by atoms with Crippen LogP contribution in [0.1, 0.15) is 0 Å². The number of anilines is 2. The van der Waals surface area contributed by atoms with Crippen LogP contribution in [0.5, 0.6) is 0 Å². The predicted molar refractivity (Wildman–Crippen MR) is 57.5 cm³/mol. The highest BCUT2D eigenvalue weighted by Gasteiger charge is 2.03. The fourth-order valence-electron chi connectivity index (χ4n) is 1.16. The van der Waals surface area contributed by atoms with E-state index < -0.39 is 10.1 Å². The number of rotatable bonds is 3. The minimum Gasteiger partial charge on any atom is -0.744 e. The SMILES string of the molecule is O=S(=O)([O-])c1cccc(Nc2ncncn2)c1. The average molecular weight is 251 g/mol. The summed E-state index contributed by atoms with van der Waals surface area (Å²) < 4.78 is 32.4. The highest BCUT2D eigenvalue weighted by atomic mass is 32.2. The summed E-state index contributed by atoms with van der Waals surface area (Å²) in [5.74, 6) is 0.264. The number of hydrogen-bond donors (Lipinski definition) is 1. The molecule has 8 heteroatoms. The van der Waals surface area contributed by atoms with Gasteiger partial charge in [-0.05, 0) is 18.2 Å². The van der Waals surface area contributed by atoms with Gasteiger partial charge in [-0.2, -0.15) is 0 Å². The van der Waals surface area contributed by atoms with Crippen molar-refractivity contribution < 1.29 is 13.0 Å². The van der Waals surface area contributed by atoms with Gasteiger partial charge in [0.05, 0.1) is 4.90 Å². The largest absolute Gasteiger partial charge is 0.744 e. The minimum absolute atomic E-state index is 0.264. The first-order valence-corrected chi connectivity index (χ1v) is 5.91. The van der Waals surface area contributed by atoms with Crippen molar-refractivity contribution in [2.75, 3.05) is 5.32 Å². The quantitative estimate of drug-likeness (QED) is 0.792. The first-order valence-electron chi connectivity index (χ1n) is 4.51. The van der Waals surface area contributed by atoms with E-state index in [4.69, 9.17) is 0 Å². The molecule has 1 aromatic carbocycles. The molecule has 1 heterocycles. The van der Waals surface area contributed by atoms with Crippen LogP contribution in [-0.4, -0.2) is 27.9 Å². The maximum absolute atomic E-state index is 10.8. The van der Waals surface area contributed by atoms with Crippen LogP contribution in [0.4, 0.5) is 11.6 Å². The third kappa shape index (κ3) is 2.95. The Morgan fingerprint density at radius 3 is 2.53 bits per heavy atom. The smallest absolute Gasteiger partial charge is 0.230 e. The van der Waals surface area contributed by atoms with Gasteiger partial charge in [-0.3, -0.25) is 0 Å². The summed E-state index contributed by atoms with van der Waals surface area (Å²) in [6.07, 6.45) is 2.59. The Bertz CT molecular complexity index is 615. The molecule has 2 aromatic rings. The van der Waals surface area contributed by atoms with Gasteiger partial charge in [0.25, 0.3) is 0 Å². The molecule has 0 unspecified atom stereocenters. The van der Waals surface area contributed by atoms with Crippen LogP contribution in [0, 0.1) is 0 Å². The van der Waals surface area contributed by atoms with Crippen molar-refractivity contribution in [2.45, 2.75) is 4.90 Å². The number of benzene rings is 1. The van der Waals surface area contributed by atoms with Gasteiger partial charge < -0.3 is 9.87 Å². The lowest BCUT2D eigenvalue weighted by Gasteiger charge is -2.09. The Hall–Kier alpha value is -2.06. The molecule has 0 aliphatic carbocycles. The van der Waals surface area contributed by atoms with Crippen LogP contribution in [0.3, 0.4) is 0 Å². The Kier molecular flexibility index (Phi) is 2.98. The number of hydrogen-bond acceptors (Lipinski definition) is 7. The van der Waals surface area contributed by atoms with Crippen molar-refractivity contribution >= 4 is 21.8 Å². The second kappa shape index (κ2) is 4.44. The molecule has 0 aliphatic heterocycles. The average Bonchev–Trinajstić information content (AvgIpc) is 2.29. The topological polar surface area (TPSA) is 108 Å². The van der Waals surface area contributed by atoms with Gasteiger partial charge >= 0.3 is 0 Å². The summed E-state index contributed by atoms with van der Waals surface area (Å²) in [7, 11) is -4.46. The zero-order valence-electron chi connectivity index (χ0n) is 8.44. The van der Waals surface area contributed by atoms with E-state index in [1.165, 1.54) is 30.9 Å². The predicted octanol–water partition coefficient (Wildman–Crippen LogP) is 0.519. The first kappa shape index (κ1) is 11.4. The molecule has 0 saturated carbocycles. The lowest BCUT2D eigenvalue weighted by molar-refractivity contribution is 0.463. The highest BCUT2D eigenvalue weighted by molar-refractivity contribution is 7.85. The Balaban J connectivity index is 2.29. The lowest BCUT2D eigenvalue weighted by Crippen LogP contribution is -2.01. The zero-order valence-corrected chi connectivity index (χ0v) is 9.26. The maximum Gasteiger partial charge on any atom is 0.230 e. The van der Waals surface area contributed by atoms with E-state index in [2.05, 4.69) is 20.3 Å². The molecule has 2 rings (SSSR count). The summed E-state index contributed by atoms with van der Waals surface area (Å²) in [6.45, 7) is 0. The second-order valence-electron chi connectivity index (χ2n) is 3.07. The van der Waals surface area contributed by atoms with Crippen molar-refractivity contribution in [2.24, 2.45) is 0 Å². The molecule has 88 valence electrons. The van der Waals surface area contributed by atoms with E-state index in [9.17, 15) is 13.0 Å². The lowest BCUT2D eigenvalue weighted by atomic mass is 10.3. The fraction of sp³-hybridized carbons (Fsp3) is 0.